The van der Waals surface area contributed by atoms with Gasteiger partial charge in [-0.15, -0.1) is 10.2 Å². The lowest BCUT2D eigenvalue weighted by Gasteiger charge is -2.05. The van der Waals surface area contributed by atoms with Gasteiger partial charge in [-0.2, -0.15) is 5.10 Å². The molecule has 6 aromatic rings. The molecule has 0 aliphatic heterocycles. The molecule has 7 heteroatoms. The van der Waals surface area contributed by atoms with Crippen LogP contribution in [-0.4, -0.2) is 25.0 Å². The van der Waals surface area contributed by atoms with E-state index in [1.54, 1.807) is 17.1 Å². The Morgan fingerprint density at radius 1 is 0.806 bits per heavy atom. The molecule has 0 aliphatic rings. The highest BCUT2D eigenvalue weighted by Crippen LogP contribution is 2.33. The quantitative estimate of drug-likeness (QED) is 0.391. The molecule has 31 heavy (non-hydrogen) atoms. The molecule has 0 atom stereocenters. The number of para-hydroxylation sites is 1. The molecule has 0 radical (unpaired) electrons. The lowest BCUT2D eigenvalue weighted by molar-refractivity contribution is 0.579. The van der Waals surface area contributed by atoms with E-state index in [-0.39, 0.29) is 0 Å². The van der Waals surface area contributed by atoms with Crippen LogP contribution in [0.3, 0.4) is 0 Å². The van der Waals surface area contributed by atoms with Gasteiger partial charge in [0.15, 0.2) is 5.76 Å². The van der Waals surface area contributed by atoms with Crippen molar-refractivity contribution >= 4 is 10.9 Å². The third kappa shape index (κ3) is 3.08. The molecule has 0 fully saturated rings. The van der Waals surface area contributed by atoms with Crippen LogP contribution in [0.2, 0.25) is 0 Å². The zero-order valence-electron chi connectivity index (χ0n) is 16.2. The maximum absolute atomic E-state index is 6.10. The molecule has 148 valence electrons. The number of aromatic nitrogens is 5. The summed E-state index contributed by atoms with van der Waals surface area (Å²) in [6.07, 6.45) is 5.25. The molecule has 4 aromatic heterocycles. The first kappa shape index (κ1) is 17.3. The van der Waals surface area contributed by atoms with E-state index in [2.05, 4.69) is 15.3 Å². The number of pyridine rings is 1. The van der Waals surface area contributed by atoms with Crippen molar-refractivity contribution in [1.82, 2.24) is 25.0 Å². The van der Waals surface area contributed by atoms with Gasteiger partial charge in [-0.3, -0.25) is 0 Å². The van der Waals surface area contributed by atoms with E-state index in [1.165, 1.54) is 0 Å². The minimum Gasteiger partial charge on any atom is -0.463 e. The minimum atomic E-state index is 0.422. The maximum atomic E-state index is 6.10. The second kappa shape index (κ2) is 7.07. The lowest BCUT2D eigenvalue weighted by atomic mass is 10.1. The van der Waals surface area contributed by atoms with Crippen molar-refractivity contribution in [1.29, 1.82) is 0 Å². The number of hydrogen-bond acceptors (Lipinski definition) is 6. The Hall–Kier alpha value is -4.52. The Labute approximate surface area is 176 Å². The van der Waals surface area contributed by atoms with Gasteiger partial charge in [0.2, 0.25) is 11.8 Å². The molecule has 0 saturated carbocycles. The van der Waals surface area contributed by atoms with Crippen molar-refractivity contribution in [2.24, 2.45) is 0 Å². The van der Waals surface area contributed by atoms with E-state index >= 15 is 0 Å². The van der Waals surface area contributed by atoms with Crippen LogP contribution >= 0.6 is 0 Å². The molecular formula is C24H15N5O2. The Morgan fingerprint density at radius 2 is 1.74 bits per heavy atom. The summed E-state index contributed by atoms with van der Waals surface area (Å²) in [4.78, 5) is 4.72. The second-order valence-corrected chi connectivity index (χ2v) is 6.96. The van der Waals surface area contributed by atoms with Crippen LogP contribution in [0.4, 0.5) is 0 Å². The fraction of sp³-hybridized carbons (Fsp3) is 0. The summed E-state index contributed by atoms with van der Waals surface area (Å²) in [5.74, 6) is 1.54. The van der Waals surface area contributed by atoms with E-state index in [0.29, 0.717) is 23.2 Å². The summed E-state index contributed by atoms with van der Waals surface area (Å²) in [6, 6.07) is 23.2. The van der Waals surface area contributed by atoms with E-state index in [9.17, 15) is 0 Å². The Morgan fingerprint density at radius 3 is 2.61 bits per heavy atom. The molecule has 0 amide bonds. The van der Waals surface area contributed by atoms with E-state index in [0.717, 1.165) is 27.7 Å². The molecule has 2 aromatic carbocycles. The molecule has 6 rings (SSSR count). The molecule has 4 heterocycles. The average molecular weight is 405 g/mol. The number of rotatable bonds is 4. The average Bonchev–Trinajstić information content (AvgIpc) is 3.61. The van der Waals surface area contributed by atoms with E-state index in [1.807, 2.05) is 79.0 Å². The topological polar surface area (TPSA) is 82.8 Å². The van der Waals surface area contributed by atoms with Gasteiger partial charge < -0.3 is 8.83 Å². The van der Waals surface area contributed by atoms with Crippen molar-refractivity contribution in [3.63, 3.8) is 0 Å². The summed E-state index contributed by atoms with van der Waals surface area (Å²) in [5.41, 5.74) is 4.07. The Bertz CT molecular complexity index is 1480. The SMILES string of the molecule is c1cc(-c2nnc(-c3cc(-c4ccco4)nc4ccccc34)o2)cc(-n2cccn2)c1. The number of nitrogens with zero attached hydrogens (tertiary/aromatic N) is 5. The largest absolute Gasteiger partial charge is 0.463 e. The monoisotopic (exact) mass is 405 g/mol. The molecule has 0 bridgehead atoms. The number of furan rings is 1. The molecular weight excluding hydrogens is 390 g/mol. The van der Waals surface area contributed by atoms with Gasteiger partial charge in [0.1, 0.15) is 5.69 Å². The van der Waals surface area contributed by atoms with Crippen LogP contribution in [0.1, 0.15) is 0 Å². The summed E-state index contributed by atoms with van der Waals surface area (Å²) in [5, 5.41) is 13.8. The van der Waals surface area contributed by atoms with Crippen molar-refractivity contribution in [3.8, 4) is 40.0 Å². The zero-order chi connectivity index (χ0) is 20.6. The summed E-state index contributed by atoms with van der Waals surface area (Å²) < 4.78 is 13.4. The first-order chi connectivity index (χ1) is 15.3. The highest BCUT2D eigenvalue weighted by molar-refractivity contribution is 5.94. The van der Waals surface area contributed by atoms with Gasteiger partial charge in [-0.25, -0.2) is 9.67 Å². The summed E-state index contributed by atoms with van der Waals surface area (Å²) in [7, 11) is 0. The van der Waals surface area contributed by atoms with Gasteiger partial charge in [-0.1, -0.05) is 24.3 Å². The standard InChI is InChI=1S/C24H15N5O2/c1-2-9-20-18(8-1)19(15-21(26-20)22-10-4-13-30-22)24-28-27-23(31-24)16-6-3-7-17(14-16)29-12-5-11-25-29/h1-15H. The molecule has 0 N–H and O–H groups in total. The zero-order valence-corrected chi connectivity index (χ0v) is 16.2. The van der Waals surface area contributed by atoms with Gasteiger partial charge in [0, 0.05) is 23.3 Å². The molecule has 7 nitrogen and oxygen atoms in total. The summed E-state index contributed by atoms with van der Waals surface area (Å²) in [6.45, 7) is 0. The smallest absolute Gasteiger partial charge is 0.248 e. The highest BCUT2D eigenvalue weighted by atomic mass is 16.4. The van der Waals surface area contributed by atoms with Crippen LogP contribution < -0.4 is 0 Å². The lowest BCUT2D eigenvalue weighted by Crippen LogP contribution is -1.94. The van der Waals surface area contributed by atoms with Gasteiger partial charge >= 0.3 is 0 Å². The fourth-order valence-corrected chi connectivity index (χ4v) is 3.55. The normalized spacial score (nSPS) is 11.2. The van der Waals surface area contributed by atoms with Gasteiger partial charge in [-0.05, 0) is 48.5 Å². The number of fused-ring (bicyclic) bond motifs is 1. The van der Waals surface area contributed by atoms with E-state index in [4.69, 9.17) is 13.8 Å². The predicted octanol–water partition coefficient (Wildman–Crippen LogP) is 5.40. The van der Waals surface area contributed by atoms with Crippen LogP contribution in [0, 0.1) is 0 Å². The van der Waals surface area contributed by atoms with E-state index < -0.39 is 0 Å². The maximum Gasteiger partial charge on any atom is 0.248 e. The number of hydrogen-bond donors (Lipinski definition) is 0. The molecule has 0 unspecified atom stereocenters. The molecule has 0 saturated heterocycles. The van der Waals surface area contributed by atoms with Crippen LogP contribution in [0.15, 0.2) is 100 Å². The minimum absolute atomic E-state index is 0.422. The Kier molecular flexibility index (Phi) is 3.96. The third-order valence-corrected chi connectivity index (χ3v) is 5.01. The first-order valence-electron chi connectivity index (χ1n) is 9.73. The third-order valence-electron chi connectivity index (χ3n) is 5.01. The van der Waals surface area contributed by atoms with Gasteiger partial charge in [0.25, 0.3) is 0 Å². The van der Waals surface area contributed by atoms with Crippen molar-refractivity contribution in [3.05, 3.63) is 91.5 Å². The number of benzene rings is 2. The van der Waals surface area contributed by atoms with Crippen molar-refractivity contribution in [2.45, 2.75) is 0 Å². The van der Waals surface area contributed by atoms with Crippen LogP contribution in [-0.2, 0) is 0 Å². The predicted molar refractivity (Wildman–Crippen MR) is 115 cm³/mol. The van der Waals surface area contributed by atoms with Crippen LogP contribution in [0.25, 0.3) is 51.0 Å². The Balaban J connectivity index is 1.46. The molecule has 0 aliphatic carbocycles. The molecule has 0 spiro atoms. The van der Waals surface area contributed by atoms with Gasteiger partial charge in [0.05, 0.1) is 23.0 Å². The highest BCUT2D eigenvalue weighted by Gasteiger charge is 2.17. The second-order valence-electron chi connectivity index (χ2n) is 6.96. The fourth-order valence-electron chi connectivity index (χ4n) is 3.55. The van der Waals surface area contributed by atoms with Crippen LogP contribution in [0.5, 0.6) is 0 Å². The first-order valence-corrected chi connectivity index (χ1v) is 9.73. The summed E-state index contributed by atoms with van der Waals surface area (Å²) >= 11 is 0. The van der Waals surface area contributed by atoms with Crippen molar-refractivity contribution < 1.29 is 8.83 Å². The van der Waals surface area contributed by atoms with Crippen molar-refractivity contribution in [2.75, 3.05) is 0 Å².